The molecule has 0 radical (unpaired) electrons. The van der Waals surface area contributed by atoms with Crippen molar-refractivity contribution in [2.24, 2.45) is 47.3 Å². The molecule has 6 saturated carbocycles. The number of para-hydroxylation sites is 2. The Morgan fingerprint density at radius 2 is 0.942 bits per heavy atom. The first-order valence-corrected chi connectivity index (χ1v) is 26.1. The number of esters is 2. The van der Waals surface area contributed by atoms with E-state index in [-0.39, 0.29) is 23.7 Å². The number of likely N-dealkylation sites (tertiary alicyclic amines) is 2. The van der Waals surface area contributed by atoms with Crippen LogP contribution in [-0.4, -0.2) is 120 Å². The minimum atomic E-state index is -0.956. The van der Waals surface area contributed by atoms with E-state index in [1.165, 1.54) is 38.5 Å². The summed E-state index contributed by atoms with van der Waals surface area (Å²) in [6, 6.07) is 15.0. The molecule has 10 unspecified atom stereocenters. The van der Waals surface area contributed by atoms with Gasteiger partial charge in [0.1, 0.15) is 12.2 Å². The molecule has 12 rings (SSSR count). The van der Waals surface area contributed by atoms with Crippen LogP contribution in [0.2, 0.25) is 0 Å². The van der Waals surface area contributed by atoms with Crippen LogP contribution in [0.25, 0.3) is 21.8 Å². The molecule has 6 aliphatic carbocycles. The van der Waals surface area contributed by atoms with Gasteiger partial charge in [-0.1, -0.05) is 49.2 Å². The lowest BCUT2D eigenvalue weighted by Crippen LogP contribution is -2.61. The van der Waals surface area contributed by atoms with Crippen molar-refractivity contribution in [2.45, 2.75) is 102 Å². The molecular formula is C54H69N7O8. The molecule has 4 amide bonds. The first-order chi connectivity index (χ1) is 33.7. The third-order valence-electron chi connectivity index (χ3n) is 16.9. The summed E-state index contributed by atoms with van der Waals surface area (Å²) in [5.41, 5.74) is 2.40. The number of hydrogen-bond donors (Lipinski definition) is 5. The molecule has 2 aromatic heterocycles. The van der Waals surface area contributed by atoms with Gasteiger partial charge in [-0.15, -0.1) is 0 Å². The number of carbonyl (C=O) groups excluding carboxylic acids is 6. The zero-order valence-electron chi connectivity index (χ0n) is 39.8. The number of rotatable bonds is 16. The van der Waals surface area contributed by atoms with Crippen molar-refractivity contribution in [1.29, 1.82) is 0 Å². The summed E-state index contributed by atoms with van der Waals surface area (Å²) in [6.45, 7) is 6.95. The first kappa shape index (κ1) is 47.2. The van der Waals surface area contributed by atoms with Crippen molar-refractivity contribution in [3.8, 4) is 0 Å². The molecule has 4 heterocycles. The molecule has 8 aliphatic rings. The van der Waals surface area contributed by atoms with Crippen LogP contribution < -0.4 is 16.0 Å². The second-order valence-electron chi connectivity index (χ2n) is 20.9. The highest BCUT2D eigenvalue weighted by Crippen LogP contribution is 2.52. The quantitative estimate of drug-likeness (QED) is 0.0480. The van der Waals surface area contributed by atoms with Crippen molar-refractivity contribution in [1.82, 2.24) is 35.7 Å². The van der Waals surface area contributed by atoms with E-state index in [1.807, 2.05) is 48.5 Å². The zero-order valence-corrected chi connectivity index (χ0v) is 39.8. The van der Waals surface area contributed by atoms with Gasteiger partial charge in [-0.25, -0.2) is 9.59 Å². The molecule has 2 saturated heterocycles. The van der Waals surface area contributed by atoms with E-state index in [0.717, 1.165) is 73.9 Å². The second kappa shape index (κ2) is 21.2. The van der Waals surface area contributed by atoms with Crippen LogP contribution in [0.1, 0.15) is 111 Å². The number of imide groups is 1. The van der Waals surface area contributed by atoms with Crippen LogP contribution in [0.15, 0.2) is 60.9 Å². The third-order valence-corrected chi connectivity index (χ3v) is 16.9. The van der Waals surface area contributed by atoms with Gasteiger partial charge in [-0.05, 0) is 140 Å². The molecule has 5 N–H and O–H groups in total. The van der Waals surface area contributed by atoms with E-state index in [9.17, 15) is 19.2 Å². The van der Waals surface area contributed by atoms with Gasteiger partial charge >= 0.3 is 11.9 Å². The maximum atomic E-state index is 15.1. The van der Waals surface area contributed by atoms with Crippen LogP contribution in [0, 0.1) is 47.3 Å². The molecule has 0 spiro atoms. The van der Waals surface area contributed by atoms with Gasteiger partial charge in [0.25, 0.3) is 0 Å². The third kappa shape index (κ3) is 10.1. The van der Waals surface area contributed by atoms with Crippen LogP contribution >= 0.6 is 0 Å². The minimum Gasteiger partial charge on any atom is -0.458 e. The zero-order chi connectivity index (χ0) is 47.4. The van der Waals surface area contributed by atoms with Gasteiger partial charge in [-0.3, -0.25) is 24.5 Å². The summed E-state index contributed by atoms with van der Waals surface area (Å²) < 4.78 is 12.6. The monoisotopic (exact) mass is 944 g/mol. The number of nitrogens with zero attached hydrogens (tertiary/aromatic N) is 2. The van der Waals surface area contributed by atoms with Gasteiger partial charge in [-0.2, -0.15) is 0 Å². The largest absolute Gasteiger partial charge is 0.458 e. The fourth-order valence-corrected chi connectivity index (χ4v) is 13.5. The van der Waals surface area contributed by atoms with E-state index < -0.39 is 71.5 Å². The Labute approximate surface area is 403 Å². The van der Waals surface area contributed by atoms with Crippen molar-refractivity contribution >= 4 is 57.4 Å². The standard InChI is InChI=1S/C54H69N7O8/c62-49(55-21-11-27-60-23-7-1-8-24-60)45-33-17-19-37(43(29-33)68-53(66)39-31-57-41-15-5-3-13-35(39)41)47(45)51(64)59-52(65)48-38-20-18-34(46(48)50(63)56-22-12-28-61-25-9-2-10-26-61)30-44(38)69-54(67)40-32-58-42-16-6-4-14-36(40)42/h3-6,13-16,31-34,37-38,43-48,57-58H,1-2,7-12,17-30H2,(H,55,62)(H,56,63)(H,59,64,65). The second-order valence-corrected chi connectivity index (χ2v) is 20.9. The highest BCUT2D eigenvalue weighted by atomic mass is 16.5. The number of nitrogens with one attached hydrogen (secondary N) is 5. The summed E-state index contributed by atoms with van der Waals surface area (Å²) in [5, 5.41) is 10.6. The number of carbonyl (C=O) groups is 6. The number of piperidine rings is 2. The van der Waals surface area contributed by atoms with Crippen LogP contribution in [0.4, 0.5) is 0 Å². The van der Waals surface area contributed by atoms with Crippen molar-refractivity contribution in [2.75, 3.05) is 52.4 Å². The van der Waals surface area contributed by atoms with Gasteiger partial charge in [0.2, 0.25) is 23.6 Å². The molecule has 8 fully saturated rings. The average Bonchev–Trinajstić information content (AvgIpc) is 4.02. The Kier molecular flexibility index (Phi) is 14.5. The van der Waals surface area contributed by atoms with E-state index in [0.29, 0.717) is 62.7 Å². The summed E-state index contributed by atoms with van der Waals surface area (Å²) >= 11 is 0. The Hall–Kier alpha value is -5.54. The topological polar surface area (TPSA) is 195 Å². The Morgan fingerprint density at radius 3 is 1.38 bits per heavy atom. The molecule has 2 aliphatic heterocycles. The number of fused-ring (bicyclic) bond motifs is 8. The minimum absolute atomic E-state index is 0.222. The molecule has 368 valence electrons. The molecule has 10 atom stereocenters. The molecular weight excluding hydrogens is 875 g/mol. The highest BCUT2D eigenvalue weighted by Gasteiger charge is 2.58. The SMILES string of the molecule is O=C(OC1CC2CCC1C(C(=O)NC(=O)C1C3CCC(CC3OC(=O)c3c[nH]c4ccccc34)C1C(=O)NCCCN1CCCCC1)C2C(=O)NCCCN1CCCCC1)c1c[nH]c2ccccc12. The summed E-state index contributed by atoms with van der Waals surface area (Å²) in [6.07, 6.45) is 14.1. The summed E-state index contributed by atoms with van der Waals surface area (Å²) in [5.74, 6) is -7.58. The maximum absolute atomic E-state index is 15.1. The fraction of sp³-hybridized carbons (Fsp3) is 0.593. The predicted molar refractivity (Wildman–Crippen MR) is 260 cm³/mol. The number of ether oxygens (including phenoxy) is 2. The number of aromatic amines is 2. The number of hydrogen-bond acceptors (Lipinski definition) is 10. The van der Waals surface area contributed by atoms with E-state index >= 15 is 9.59 Å². The van der Waals surface area contributed by atoms with Gasteiger partial charge in [0.15, 0.2) is 0 Å². The van der Waals surface area contributed by atoms with Crippen LogP contribution in [-0.2, 0) is 28.7 Å². The lowest BCUT2D eigenvalue weighted by molar-refractivity contribution is -0.162. The van der Waals surface area contributed by atoms with Gasteiger partial charge < -0.3 is 39.9 Å². The Balaban J connectivity index is 0.884. The van der Waals surface area contributed by atoms with Gasteiger partial charge in [0.05, 0.1) is 34.8 Å². The average molecular weight is 944 g/mol. The molecule has 4 bridgehead atoms. The van der Waals surface area contributed by atoms with Crippen LogP contribution in [0.3, 0.4) is 0 Å². The number of benzene rings is 2. The molecule has 15 nitrogen and oxygen atoms in total. The number of amides is 4. The number of H-pyrrole nitrogens is 2. The summed E-state index contributed by atoms with van der Waals surface area (Å²) in [7, 11) is 0. The van der Waals surface area contributed by atoms with Crippen LogP contribution in [0.5, 0.6) is 0 Å². The smallest absolute Gasteiger partial charge is 0.340 e. The molecule has 2 aromatic carbocycles. The predicted octanol–water partition coefficient (Wildman–Crippen LogP) is 6.35. The lowest BCUT2D eigenvalue weighted by atomic mass is 9.56. The molecule has 69 heavy (non-hydrogen) atoms. The number of aromatic nitrogens is 2. The highest BCUT2D eigenvalue weighted by molar-refractivity contribution is 6.05. The van der Waals surface area contributed by atoms with E-state index in [2.05, 4.69) is 35.7 Å². The molecule has 4 aromatic rings. The first-order valence-electron chi connectivity index (χ1n) is 26.1. The Morgan fingerprint density at radius 1 is 0.522 bits per heavy atom. The molecule has 15 heteroatoms. The fourth-order valence-electron chi connectivity index (χ4n) is 13.5. The normalized spacial score (nSPS) is 29.1. The summed E-state index contributed by atoms with van der Waals surface area (Å²) in [4.78, 5) is 97.8. The Bertz CT molecular complexity index is 2340. The van der Waals surface area contributed by atoms with Crippen molar-refractivity contribution in [3.63, 3.8) is 0 Å². The maximum Gasteiger partial charge on any atom is 0.340 e. The lowest BCUT2D eigenvalue weighted by Gasteiger charge is -2.51. The van der Waals surface area contributed by atoms with E-state index in [4.69, 9.17) is 9.47 Å². The van der Waals surface area contributed by atoms with E-state index in [1.54, 1.807) is 12.4 Å². The van der Waals surface area contributed by atoms with Crippen molar-refractivity contribution < 1.29 is 38.2 Å². The van der Waals surface area contributed by atoms with Gasteiger partial charge in [0, 0.05) is 59.1 Å². The van der Waals surface area contributed by atoms with Crippen molar-refractivity contribution in [3.05, 3.63) is 72.1 Å².